The van der Waals surface area contributed by atoms with Crippen molar-refractivity contribution in [3.05, 3.63) is 75.0 Å². The Morgan fingerprint density at radius 3 is 2.60 bits per heavy atom. The number of methoxy groups -OCH3 is 1. The number of aromatic amines is 1. The molecule has 7 aliphatic heterocycles. The highest BCUT2D eigenvalue weighted by Gasteiger charge is 2.62. The van der Waals surface area contributed by atoms with Gasteiger partial charge in [-0.3, -0.25) is 24.7 Å². The number of hydrogen-bond acceptors (Lipinski definition) is 15. The fraction of sp³-hybridized carbons (Fsp3) is 0.455. The van der Waals surface area contributed by atoms with Crippen LogP contribution in [0, 0.1) is 25.2 Å². The Bertz CT molecular complexity index is 2570. The van der Waals surface area contributed by atoms with Gasteiger partial charge in [0.2, 0.25) is 6.79 Å². The summed E-state index contributed by atoms with van der Waals surface area (Å²) in [6.07, 6.45) is 0.954. The van der Waals surface area contributed by atoms with Crippen LogP contribution in [-0.2, 0) is 42.2 Å². The molecule has 0 amide bonds. The summed E-state index contributed by atoms with van der Waals surface area (Å²) >= 11 is 1.47. The molecule has 4 aromatic rings. The zero-order valence-electron chi connectivity index (χ0n) is 34.0. The van der Waals surface area contributed by atoms with Crippen molar-refractivity contribution in [3.8, 4) is 34.8 Å². The highest BCUT2D eigenvalue weighted by atomic mass is 32.2. The largest absolute Gasteiger partial charge is 0.504 e. The molecule has 3 N–H and O–H groups in total. The number of rotatable bonds is 4. The number of ether oxygens (including phenoxy) is 6. The van der Waals surface area contributed by atoms with Gasteiger partial charge in [0.1, 0.15) is 25.0 Å². The number of benzene rings is 3. The first-order valence-corrected chi connectivity index (χ1v) is 21.2. The van der Waals surface area contributed by atoms with Gasteiger partial charge >= 0.3 is 17.9 Å². The first kappa shape index (κ1) is 38.7. The second kappa shape index (κ2) is 14.1. The first-order chi connectivity index (χ1) is 28.9. The van der Waals surface area contributed by atoms with Crippen LogP contribution in [0.25, 0.3) is 10.9 Å². The van der Waals surface area contributed by atoms with Gasteiger partial charge in [-0.05, 0) is 56.5 Å². The molecule has 16 heteroatoms. The molecule has 0 aliphatic carbocycles. The Hall–Kier alpha value is -5.47. The van der Waals surface area contributed by atoms with Crippen LogP contribution in [0.5, 0.6) is 28.7 Å². The third-order valence-corrected chi connectivity index (χ3v) is 14.9. The van der Waals surface area contributed by atoms with Gasteiger partial charge in [0, 0.05) is 70.9 Å². The molecule has 1 unspecified atom stereocenters. The van der Waals surface area contributed by atoms with E-state index in [-0.39, 0.29) is 37.6 Å². The molecule has 4 bridgehead atoms. The number of H-pyrrole nitrogens is 1. The van der Waals surface area contributed by atoms with Crippen LogP contribution in [0.1, 0.15) is 75.8 Å². The lowest BCUT2D eigenvalue weighted by atomic mass is 9.71. The lowest BCUT2D eigenvalue weighted by Crippen LogP contribution is -2.69. The average molecular weight is 836 g/mol. The first-order valence-electron chi connectivity index (χ1n) is 20.1. The maximum atomic E-state index is 15.2. The molecule has 1 aromatic heterocycles. The summed E-state index contributed by atoms with van der Waals surface area (Å²) in [4.78, 5) is 48.3. The predicted octanol–water partition coefficient (Wildman–Crippen LogP) is 4.69. The molecule has 2 saturated heterocycles. The van der Waals surface area contributed by atoms with Crippen LogP contribution >= 0.6 is 11.8 Å². The topological polar surface area (TPSA) is 185 Å². The zero-order chi connectivity index (χ0) is 41.9. The summed E-state index contributed by atoms with van der Waals surface area (Å²) in [6, 6.07) is 9.23. The smallest absolute Gasteiger partial charge is 0.333 e. The van der Waals surface area contributed by atoms with Gasteiger partial charge in [-0.15, -0.1) is 11.8 Å². The number of para-hydroxylation sites is 1. The van der Waals surface area contributed by atoms with Crippen molar-refractivity contribution in [2.24, 2.45) is 0 Å². The Kier molecular flexibility index (Phi) is 9.07. The van der Waals surface area contributed by atoms with Crippen LogP contribution in [0.4, 0.5) is 0 Å². The fourth-order valence-electron chi connectivity index (χ4n) is 11.1. The van der Waals surface area contributed by atoms with E-state index < -0.39 is 58.9 Å². The van der Waals surface area contributed by atoms with E-state index in [1.54, 1.807) is 0 Å². The number of nitrogens with zero attached hydrogens (tertiary/aromatic N) is 3. The number of hydrogen-bond donors (Lipinski definition) is 3. The Labute approximate surface area is 350 Å². The van der Waals surface area contributed by atoms with Crippen LogP contribution in [-0.4, -0.2) is 102 Å². The van der Waals surface area contributed by atoms with Gasteiger partial charge in [0.15, 0.2) is 28.5 Å². The number of aryl methyl sites for hydroxylation is 1. The van der Waals surface area contributed by atoms with Crippen molar-refractivity contribution >= 4 is 40.6 Å². The number of thioether (sulfide) groups is 1. The van der Waals surface area contributed by atoms with Crippen molar-refractivity contribution in [2.75, 3.05) is 39.9 Å². The molecular formula is C44H45N5O10S. The Balaban J connectivity index is 1.24. The van der Waals surface area contributed by atoms with E-state index in [1.165, 1.54) is 32.7 Å². The number of phenols is 1. The lowest BCUT2D eigenvalue weighted by molar-refractivity contribution is -0.158. The standard InChI is InChI=1S/C44H45N5O10S/c1-19-11-23-12-28-29(14-45)49-30-16-56-43(53)44(42-26(13-24(47-44)15-55-21(3)50)25-9-7-8-10-27(25)46-42)17-60-41(35(49)34(48(28)5)31(23)36(52)37(19)54-6)33-32(30)40-39(57-18-58-40)20(2)38(33)59-22(4)51/h7-11,24,28-30,34-35,41,46-47,52H,12-13,15-18H2,1-6H3/t24-,28+,29-,30-,34-,35?,41+,44+/m0/s1. The van der Waals surface area contributed by atoms with Gasteiger partial charge < -0.3 is 38.5 Å². The minimum absolute atomic E-state index is 0.0218. The quantitative estimate of drug-likeness (QED) is 0.190. The van der Waals surface area contributed by atoms with E-state index in [0.717, 1.165) is 27.6 Å². The van der Waals surface area contributed by atoms with Gasteiger partial charge in [0.25, 0.3) is 0 Å². The summed E-state index contributed by atoms with van der Waals surface area (Å²) in [7, 11) is 3.53. The molecule has 8 heterocycles. The van der Waals surface area contributed by atoms with Gasteiger partial charge in [-0.1, -0.05) is 24.3 Å². The zero-order valence-corrected chi connectivity index (χ0v) is 34.9. The number of aromatic hydroxyl groups is 1. The molecule has 15 nitrogen and oxygen atoms in total. The molecule has 1 spiro atoms. The molecule has 7 aliphatic rings. The number of nitriles is 1. The highest BCUT2D eigenvalue weighted by Crippen LogP contribution is 2.64. The van der Waals surface area contributed by atoms with Crippen molar-refractivity contribution in [2.45, 2.75) is 87.6 Å². The Morgan fingerprint density at radius 2 is 1.85 bits per heavy atom. The number of likely N-dealkylation sites (N-methyl/N-ethyl adjacent to an activating group) is 1. The molecule has 8 atom stereocenters. The third kappa shape index (κ3) is 5.41. The molecule has 3 aromatic carbocycles. The Morgan fingerprint density at radius 1 is 1.07 bits per heavy atom. The number of piperazine rings is 1. The van der Waals surface area contributed by atoms with E-state index in [9.17, 15) is 20.0 Å². The van der Waals surface area contributed by atoms with Crippen LogP contribution < -0.4 is 24.3 Å². The normalized spacial score (nSPS) is 28.8. The summed E-state index contributed by atoms with van der Waals surface area (Å²) in [6.45, 7) is 6.18. The number of carbonyl (C=O) groups is 3. The minimum atomic E-state index is -1.47. The van der Waals surface area contributed by atoms with E-state index in [1.807, 2.05) is 51.2 Å². The van der Waals surface area contributed by atoms with Crippen molar-refractivity contribution in [1.82, 2.24) is 20.1 Å². The van der Waals surface area contributed by atoms with Crippen LogP contribution in [0.3, 0.4) is 0 Å². The minimum Gasteiger partial charge on any atom is -0.504 e. The van der Waals surface area contributed by atoms with Gasteiger partial charge in [0.05, 0.1) is 36.2 Å². The summed E-state index contributed by atoms with van der Waals surface area (Å²) < 4.78 is 36.4. The van der Waals surface area contributed by atoms with E-state index >= 15 is 4.79 Å². The molecule has 11 rings (SSSR count). The molecule has 0 saturated carbocycles. The third-order valence-electron chi connectivity index (χ3n) is 13.4. The van der Waals surface area contributed by atoms with E-state index in [2.05, 4.69) is 26.2 Å². The SMILES string of the molecule is COc1c(C)cc2c(c1O)[C@H]1C3[C@@H]4SC[C@]5(N[C@H](COC(C)=O)Cc6c5[nH]c5ccccc65)C(=O)OC[C@@H](c5c6c(c(C)c(OC(C)=O)c54)OCO6)N3[C@@H](C#N)[C@@H](C2)N1C. The lowest BCUT2D eigenvalue weighted by Gasteiger charge is -2.62. The number of carbonyl (C=O) groups excluding carboxylic acids is 3. The summed E-state index contributed by atoms with van der Waals surface area (Å²) in [5.74, 6) is 0.203. The van der Waals surface area contributed by atoms with E-state index in [0.29, 0.717) is 63.8 Å². The summed E-state index contributed by atoms with van der Waals surface area (Å²) in [5, 5.41) is 27.3. The number of fused-ring (bicyclic) bond motifs is 11. The van der Waals surface area contributed by atoms with Gasteiger partial charge in [-0.25, -0.2) is 4.79 Å². The van der Waals surface area contributed by atoms with Crippen LogP contribution in [0.15, 0.2) is 30.3 Å². The molecular weight excluding hydrogens is 791 g/mol. The van der Waals surface area contributed by atoms with Crippen molar-refractivity contribution < 1.29 is 47.9 Å². The molecule has 0 radical (unpaired) electrons. The molecule has 60 heavy (non-hydrogen) atoms. The van der Waals surface area contributed by atoms with Gasteiger partial charge in [-0.2, -0.15) is 5.26 Å². The average Bonchev–Trinajstić information content (AvgIpc) is 3.86. The van der Waals surface area contributed by atoms with Crippen molar-refractivity contribution in [3.63, 3.8) is 0 Å². The fourth-order valence-corrected chi connectivity index (χ4v) is 12.7. The number of phenolic OH excluding ortho intramolecular Hbond substituents is 1. The molecule has 2 fully saturated rings. The number of esters is 3. The number of aromatic nitrogens is 1. The second-order valence-electron chi connectivity index (χ2n) is 16.6. The maximum Gasteiger partial charge on any atom is 0.333 e. The summed E-state index contributed by atoms with van der Waals surface area (Å²) in [5.41, 5.74) is 5.24. The number of nitrogens with one attached hydrogen (secondary N) is 2. The van der Waals surface area contributed by atoms with Crippen molar-refractivity contribution in [1.29, 1.82) is 5.26 Å². The predicted molar refractivity (Wildman–Crippen MR) is 217 cm³/mol. The second-order valence-corrected chi connectivity index (χ2v) is 17.7. The van der Waals surface area contributed by atoms with E-state index in [4.69, 9.17) is 28.4 Å². The van der Waals surface area contributed by atoms with Crippen LogP contribution in [0.2, 0.25) is 0 Å². The molecule has 312 valence electrons. The highest BCUT2D eigenvalue weighted by molar-refractivity contribution is 7.99. The monoisotopic (exact) mass is 835 g/mol. The maximum absolute atomic E-state index is 15.2.